The van der Waals surface area contributed by atoms with Crippen molar-refractivity contribution >= 4 is 17.1 Å². The van der Waals surface area contributed by atoms with Gasteiger partial charge in [-0.15, -0.1) is 0 Å². The van der Waals surface area contributed by atoms with Crippen LogP contribution in [0.25, 0.3) is 0 Å². The van der Waals surface area contributed by atoms with E-state index in [-0.39, 0.29) is 12.5 Å². The van der Waals surface area contributed by atoms with Gasteiger partial charge < -0.3 is 25.0 Å². The summed E-state index contributed by atoms with van der Waals surface area (Å²) < 4.78 is 42.4. The lowest BCUT2D eigenvalue weighted by molar-refractivity contribution is -0.0206. The molecule has 6 rings (SSSR count). The van der Waals surface area contributed by atoms with E-state index in [1.165, 1.54) is 24.1 Å². The fourth-order valence-electron chi connectivity index (χ4n) is 5.66. The highest BCUT2D eigenvalue weighted by Crippen LogP contribution is 2.42. The van der Waals surface area contributed by atoms with E-state index in [1.54, 1.807) is 11.0 Å². The summed E-state index contributed by atoms with van der Waals surface area (Å²) in [5, 5.41) is 4.17. The molecular weight excluding hydrogens is 514 g/mol. The van der Waals surface area contributed by atoms with Gasteiger partial charge in [-0.25, -0.2) is 18.4 Å². The maximum absolute atomic E-state index is 14.9. The van der Waals surface area contributed by atoms with Crippen molar-refractivity contribution in [1.29, 1.82) is 0 Å². The number of halogens is 2. The number of ether oxygens (including phenoxy) is 2. The molecule has 208 valence electrons. The fourth-order valence-corrected chi connectivity index (χ4v) is 5.66. The number of nitrogen functional groups attached to an aromatic ring is 1. The summed E-state index contributed by atoms with van der Waals surface area (Å²) in [5.41, 5.74) is 8.28. The Balaban J connectivity index is 1.06. The van der Waals surface area contributed by atoms with E-state index >= 15 is 0 Å². The first kappa shape index (κ1) is 26.1. The van der Waals surface area contributed by atoms with E-state index < -0.39 is 17.2 Å². The van der Waals surface area contributed by atoms with Crippen molar-refractivity contribution in [1.82, 2.24) is 14.8 Å². The molecule has 0 bridgehead atoms. The minimum Gasteiger partial charge on any atom is -0.493 e. The number of hydrogen-bond donors (Lipinski definition) is 1. The summed E-state index contributed by atoms with van der Waals surface area (Å²) in [6.45, 7) is 4.81. The molecule has 0 amide bonds. The van der Waals surface area contributed by atoms with Gasteiger partial charge in [0.1, 0.15) is 35.6 Å². The molecule has 0 aliphatic carbocycles. The summed E-state index contributed by atoms with van der Waals surface area (Å²) in [6.07, 6.45) is 3.50. The van der Waals surface area contributed by atoms with Gasteiger partial charge in [0.25, 0.3) is 0 Å². The smallest absolute Gasteiger partial charge is 0.137 e. The number of nitrogens with zero attached hydrogens (tertiary/aromatic N) is 5. The number of nitrogens with two attached hydrogens (primary N) is 1. The molecule has 2 saturated heterocycles. The molecule has 3 heterocycles. The van der Waals surface area contributed by atoms with Crippen LogP contribution in [-0.2, 0) is 16.9 Å². The zero-order valence-corrected chi connectivity index (χ0v) is 22.1. The second-order valence-electron chi connectivity index (χ2n) is 10.5. The van der Waals surface area contributed by atoms with Gasteiger partial charge in [-0.2, -0.15) is 5.10 Å². The topological polar surface area (TPSA) is 81.7 Å². The molecule has 1 unspecified atom stereocenters. The second-order valence-corrected chi connectivity index (χ2v) is 10.5. The summed E-state index contributed by atoms with van der Waals surface area (Å²) in [5.74, 6) is -0.464. The van der Waals surface area contributed by atoms with Crippen LogP contribution in [-0.4, -0.2) is 54.2 Å². The Kier molecular flexibility index (Phi) is 7.25. The fraction of sp³-hybridized carbons (Fsp3) is 0.333. The Labute approximate surface area is 231 Å². The first-order valence-corrected chi connectivity index (χ1v) is 13.5. The summed E-state index contributed by atoms with van der Waals surface area (Å²) in [6, 6.07) is 19.8. The third kappa shape index (κ3) is 5.58. The minimum atomic E-state index is -0.988. The normalized spacial score (nSPS) is 21.1. The number of anilines is 3. The van der Waals surface area contributed by atoms with Crippen LogP contribution in [0, 0.1) is 17.6 Å². The molecule has 2 aliphatic heterocycles. The van der Waals surface area contributed by atoms with Gasteiger partial charge >= 0.3 is 0 Å². The molecule has 8 nitrogen and oxygen atoms in total. The molecule has 0 saturated carbocycles. The average Bonchev–Trinajstić information content (AvgIpc) is 3.63. The van der Waals surface area contributed by atoms with E-state index in [9.17, 15) is 8.78 Å². The van der Waals surface area contributed by atoms with Crippen LogP contribution in [0.2, 0.25) is 0 Å². The van der Waals surface area contributed by atoms with Crippen LogP contribution in [0.3, 0.4) is 0 Å². The van der Waals surface area contributed by atoms with Crippen LogP contribution in [0.15, 0.2) is 79.4 Å². The molecule has 3 aromatic carbocycles. The molecule has 40 heavy (non-hydrogen) atoms. The average molecular weight is 547 g/mol. The van der Waals surface area contributed by atoms with Crippen LogP contribution in [0.5, 0.6) is 5.75 Å². The van der Waals surface area contributed by atoms with Crippen LogP contribution >= 0.6 is 0 Å². The van der Waals surface area contributed by atoms with Crippen LogP contribution in [0.4, 0.5) is 25.8 Å². The molecule has 2 aliphatic rings. The highest BCUT2D eigenvalue weighted by atomic mass is 19.1. The van der Waals surface area contributed by atoms with E-state index in [2.05, 4.69) is 44.1 Å². The van der Waals surface area contributed by atoms with E-state index in [0.29, 0.717) is 25.2 Å². The quantitative estimate of drug-likeness (QED) is 0.327. The summed E-state index contributed by atoms with van der Waals surface area (Å²) in [4.78, 5) is 8.74. The maximum Gasteiger partial charge on any atom is 0.137 e. The number of benzene rings is 3. The molecule has 2 fully saturated rings. The van der Waals surface area contributed by atoms with Crippen LogP contribution in [0.1, 0.15) is 12.0 Å². The van der Waals surface area contributed by atoms with Crippen molar-refractivity contribution in [2.24, 2.45) is 5.92 Å². The minimum absolute atomic E-state index is 0.0223. The zero-order valence-electron chi connectivity index (χ0n) is 22.1. The maximum atomic E-state index is 14.9. The third-order valence-corrected chi connectivity index (χ3v) is 7.75. The molecule has 2 N–H and O–H groups in total. The predicted molar refractivity (Wildman–Crippen MR) is 149 cm³/mol. The van der Waals surface area contributed by atoms with Gasteiger partial charge in [0.05, 0.1) is 19.8 Å². The summed E-state index contributed by atoms with van der Waals surface area (Å²) >= 11 is 0. The summed E-state index contributed by atoms with van der Waals surface area (Å²) in [7, 11) is 0. The molecule has 4 aromatic rings. The van der Waals surface area contributed by atoms with E-state index in [4.69, 9.17) is 15.2 Å². The Hall–Kier alpha value is -4.18. The Bertz CT molecular complexity index is 1410. The molecule has 0 radical (unpaired) electrons. The van der Waals surface area contributed by atoms with Gasteiger partial charge in [-0.3, -0.25) is 0 Å². The zero-order chi connectivity index (χ0) is 27.5. The second kappa shape index (κ2) is 11.1. The van der Waals surface area contributed by atoms with Crippen molar-refractivity contribution in [2.75, 3.05) is 54.9 Å². The Morgan fingerprint density at radius 1 is 0.925 bits per heavy atom. The Morgan fingerprint density at radius 3 is 2.23 bits per heavy atom. The van der Waals surface area contributed by atoms with Gasteiger partial charge in [-0.1, -0.05) is 6.07 Å². The number of aromatic nitrogens is 3. The van der Waals surface area contributed by atoms with E-state index in [0.717, 1.165) is 49.4 Å². The van der Waals surface area contributed by atoms with Crippen molar-refractivity contribution in [2.45, 2.75) is 18.6 Å². The molecule has 2 atom stereocenters. The largest absolute Gasteiger partial charge is 0.493 e. The first-order valence-electron chi connectivity index (χ1n) is 13.5. The number of piperazine rings is 1. The van der Waals surface area contributed by atoms with Crippen molar-refractivity contribution in [3.8, 4) is 5.75 Å². The van der Waals surface area contributed by atoms with Gasteiger partial charge in [0, 0.05) is 60.8 Å². The SMILES string of the molecule is Nc1ccc(N2CCN(c3ccc(OCC4CO[C@@](Cn5cncn5)(c5ccc(F)cc5F)C4)cc3)CC2)cc1. The third-order valence-electron chi connectivity index (χ3n) is 7.75. The molecule has 1 aromatic heterocycles. The van der Waals surface area contributed by atoms with Crippen molar-refractivity contribution in [3.05, 3.63) is 96.6 Å². The standard InChI is InChI=1S/C30H32F2N6O2/c31-23-1-10-28(29(32)15-23)30(19-38-21-34-20-35-38)16-22(18-40-30)17-39-27-8-6-26(7-9-27)37-13-11-36(12-14-37)25-4-2-24(33)3-5-25/h1-10,15,20-22H,11-14,16-19,33H2/t22?,30-/m0/s1. The highest BCUT2D eigenvalue weighted by Gasteiger charge is 2.44. The molecular formula is C30H32F2N6O2. The van der Waals surface area contributed by atoms with Crippen molar-refractivity contribution in [3.63, 3.8) is 0 Å². The van der Waals surface area contributed by atoms with E-state index in [1.807, 2.05) is 24.3 Å². The lowest BCUT2D eigenvalue weighted by atomic mass is 9.87. The highest BCUT2D eigenvalue weighted by molar-refractivity contribution is 5.55. The van der Waals surface area contributed by atoms with Crippen molar-refractivity contribution < 1.29 is 18.3 Å². The van der Waals surface area contributed by atoms with Gasteiger partial charge in [-0.05, 0) is 61.0 Å². The number of rotatable bonds is 8. The molecule has 10 heteroatoms. The Morgan fingerprint density at radius 2 is 1.60 bits per heavy atom. The lowest BCUT2D eigenvalue weighted by Crippen LogP contribution is -2.46. The lowest BCUT2D eigenvalue weighted by Gasteiger charge is -2.37. The monoisotopic (exact) mass is 546 g/mol. The first-order chi connectivity index (χ1) is 19.5. The molecule has 0 spiro atoms. The van der Waals surface area contributed by atoms with Gasteiger partial charge in [0.15, 0.2) is 0 Å². The van der Waals surface area contributed by atoms with Crippen LogP contribution < -0.4 is 20.3 Å². The number of hydrogen-bond acceptors (Lipinski definition) is 7. The predicted octanol–water partition coefficient (Wildman–Crippen LogP) is 4.48. The van der Waals surface area contributed by atoms with Gasteiger partial charge in [0.2, 0.25) is 0 Å².